The van der Waals surface area contributed by atoms with Crippen molar-refractivity contribution >= 4 is 40.5 Å². The van der Waals surface area contributed by atoms with Gasteiger partial charge in [0.05, 0.1) is 27.6 Å². The SMILES string of the molecule is O=c1c(Cl)c(Cl)cnn1-c1ccc(NCCc2ccc(F)cc2)c(Cl)c1. The Morgan fingerprint density at radius 3 is 2.46 bits per heavy atom. The smallest absolute Gasteiger partial charge is 0.291 e. The van der Waals surface area contributed by atoms with Gasteiger partial charge in [-0.15, -0.1) is 0 Å². The van der Waals surface area contributed by atoms with Crippen molar-refractivity contribution in [1.82, 2.24) is 9.78 Å². The van der Waals surface area contributed by atoms with Gasteiger partial charge in [-0.25, -0.2) is 4.39 Å². The van der Waals surface area contributed by atoms with E-state index in [-0.39, 0.29) is 15.9 Å². The summed E-state index contributed by atoms with van der Waals surface area (Å²) in [6.45, 7) is 0.621. The Kier molecular flexibility index (Phi) is 5.81. The number of anilines is 1. The molecule has 2 aromatic carbocycles. The molecule has 0 aliphatic carbocycles. The van der Waals surface area contributed by atoms with Crippen molar-refractivity contribution in [2.24, 2.45) is 0 Å². The fourth-order valence-corrected chi connectivity index (χ4v) is 2.86. The summed E-state index contributed by atoms with van der Waals surface area (Å²) < 4.78 is 14.0. The van der Waals surface area contributed by atoms with Crippen LogP contribution in [0.5, 0.6) is 0 Å². The summed E-state index contributed by atoms with van der Waals surface area (Å²) in [5.74, 6) is -0.258. The van der Waals surface area contributed by atoms with Gasteiger partial charge >= 0.3 is 0 Å². The first-order valence-corrected chi connectivity index (χ1v) is 8.80. The van der Waals surface area contributed by atoms with Crippen molar-refractivity contribution in [3.05, 3.63) is 85.5 Å². The van der Waals surface area contributed by atoms with Crippen LogP contribution in [0.4, 0.5) is 10.1 Å². The van der Waals surface area contributed by atoms with Crippen LogP contribution in [-0.4, -0.2) is 16.3 Å². The topological polar surface area (TPSA) is 46.9 Å². The number of halogens is 4. The van der Waals surface area contributed by atoms with Gasteiger partial charge < -0.3 is 5.32 Å². The fraction of sp³-hybridized carbons (Fsp3) is 0.111. The van der Waals surface area contributed by atoms with E-state index in [0.29, 0.717) is 29.4 Å². The Hall–Kier alpha value is -2.08. The molecule has 0 unspecified atom stereocenters. The number of rotatable bonds is 5. The highest BCUT2D eigenvalue weighted by molar-refractivity contribution is 6.41. The second-order valence-electron chi connectivity index (χ2n) is 5.49. The molecule has 1 aromatic heterocycles. The lowest BCUT2D eigenvalue weighted by molar-refractivity contribution is 0.627. The van der Waals surface area contributed by atoms with Gasteiger partial charge in [0.25, 0.3) is 5.56 Å². The van der Waals surface area contributed by atoms with E-state index in [1.807, 2.05) is 0 Å². The van der Waals surface area contributed by atoms with Crippen molar-refractivity contribution in [2.45, 2.75) is 6.42 Å². The number of benzene rings is 2. The van der Waals surface area contributed by atoms with Crippen LogP contribution in [0, 0.1) is 5.82 Å². The molecule has 0 aliphatic rings. The highest BCUT2D eigenvalue weighted by Gasteiger charge is 2.10. The average molecular weight is 413 g/mol. The van der Waals surface area contributed by atoms with Crippen LogP contribution in [0.2, 0.25) is 15.1 Å². The van der Waals surface area contributed by atoms with Gasteiger partial charge in [-0.1, -0.05) is 46.9 Å². The second kappa shape index (κ2) is 8.08. The molecule has 4 nitrogen and oxygen atoms in total. The van der Waals surface area contributed by atoms with Gasteiger partial charge in [0, 0.05) is 6.54 Å². The minimum atomic E-state index is -0.521. The van der Waals surface area contributed by atoms with Gasteiger partial charge in [-0.3, -0.25) is 4.79 Å². The minimum absolute atomic E-state index is 0.0955. The molecule has 0 atom stereocenters. The van der Waals surface area contributed by atoms with Gasteiger partial charge in [0.2, 0.25) is 0 Å². The molecular weight excluding hydrogens is 400 g/mol. The van der Waals surface area contributed by atoms with Crippen molar-refractivity contribution in [3.8, 4) is 5.69 Å². The Morgan fingerprint density at radius 2 is 1.77 bits per heavy atom. The zero-order valence-corrected chi connectivity index (χ0v) is 15.6. The zero-order chi connectivity index (χ0) is 18.7. The van der Waals surface area contributed by atoms with Crippen LogP contribution >= 0.6 is 34.8 Å². The van der Waals surface area contributed by atoms with E-state index >= 15 is 0 Å². The van der Waals surface area contributed by atoms with Crippen LogP contribution in [-0.2, 0) is 6.42 Å². The van der Waals surface area contributed by atoms with Gasteiger partial charge in [0.15, 0.2) is 0 Å². The maximum atomic E-state index is 12.9. The maximum Gasteiger partial charge on any atom is 0.291 e. The molecular formula is C18H13Cl3FN3O. The van der Waals surface area contributed by atoms with Gasteiger partial charge in [0.1, 0.15) is 10.8 Å². The first kappa shape index (κ1) is 18.7. The molecule has 0 bridgehead atoms. The summed E-state index contributed by atoms with van der Waals surface area (Å²) in [4.78, 5) is 12.1. The molecule has 26 heavy (non-hydrogen) atoms. The average Bonchev–Trinajstić information content (AvgIpc) is 2.63. The molecule has 8 heteroatoms. The molecule has 1 heterocycles. The maximum absolute atomic E-state index is 12.9. The quantitative estimate of drug-likeness (QED) is 0.642. The third-order valence-corrected chi connectivity index (χ3v) is 4.78. The summed E-state index contributed by atoms with van der Waals surface area (Å²) in [6.07, 6.45) is 2.01. The monoisotopic (exact) mass is 411 g/mol. The van der Waals surface area contributed by atoms with Gasteiger partial charge in [-0.2, -0.15) is 9.78 Å². The standard InChI is InChI=1S/C18H13Cl3FN3O/c19-14-9-13(25-18(26)17(21)15(20)10-24-25)5-6-16(14)23-8-7-11-1-3-12(22)4-2-11/h1-6,9-10,23H,7-8H2. The van der Waals surface area contributed by atoms with E-state index in [1.165, 1.54) is 18.3 Å². The molecule has 0 aliphatic heterocycles. The summed E-state index contributed by atoms with van der Waals surface area (Å²) in [7, 11) is 0. The fourth-order valence-electron chi connectivity index (χ4n) is 2.37. The van der Waals surface area contributed by atoms with E-state index in [0.717, 1.165) is 10.2 Å². The Morgan fingerprint density at radius 1 is 1.04 bits per heavy atom. The first-order chi connectivity index (χ1) is 12.5. The zero-order valence-electron chi connectivity index (χ0n) is 13.3. The number of nitrogens with one attached hydrogen (secondary N) is 1. The second-order valence-corrected chi connectivity index (χ2v) is 6.68. The Balaban J connectivity index is 1.72. The molecule has 3 rings (SSSR count). The lowest BCUT2D eigenvalue weighted by atomic mass is 10.1. The molecule has 0 radical (unpaired) electrons. The highest BCUT2D eigenvalue weighted by atomic mass is 35.5. The van der Waals surface area contributed by atoms with Crippen molar-refractivity contribution in [2.75, 3.05) is 11.9 Å². The molecule has 0 fully saturated rings. The lowest BCUT2D eigenvalue weighted by Crippen LogP contribution is -2.21. The van der Waals surface area contributed by atoms with E-state index in [2.05, 4.69) is 10.4 Å². The van der Waals surface area contributed by atoms with Crippen molar-refractivity contribution in [1.29, 1.82) is 0 Å². The van der Waals surface area contributed by atoms with Crippen molar-refractivity contribution < 1.29 is 4.39 Å². The van der Waals surface area contributed by atoms with E-state index < -0.39 is 5.56 Å². The largest absolute Gasteiger partial charge is 0.384 e. The molecule has 0 saturated carbocycles. The normalized spacial score (nSPS) is 10.8. The van der Waals surface area contributed by atoms with Crippen LogP contribution in [0.1, 0.15) is 5.56 Å². The highest BCUT2D eigenvalue weighted by Crippen LogP contribution is 2.25. The third kappa shape index (κ3) is 4.18. The summed E-state index contributed by atoms with van der Waals surface area (Å²) in [6, 6.07) is 11.4. The molecule has 0 spiro atoms. The predicted octanol–water partition coefficient (Wildman–Crippen LogP) is 4.99. The number of aromatic nitrogens is 2. The minimum Gasteiger partial charge on any atom is -0.384 e. The predicted molar refractivity (Wildman–Crippen MR) is 103 cm³/mol. The molecule has 1 N–H and O–H groups in total. The third-order valence-electron chi connectivity index (χ3n) is 3.72. The summed E-state index contributed by atoms with van der Waals surface area (Å²) in [5, 5.41) is 7.61. The number of hydrogen-bond acceptors (Lipinski definition) is 3. The Bertz CT molecular complexity index is 990. The van der Waals surface area contributed by atoms with Crippen LogP contribution in [0.3, 0.4) is 0 Å². The lowest BCUT2D eigenvalue weighted by Gasteiger charge is -2.11. The van der Waals surface area contributed by atoms with Crippen molar-refractivity contribution in [3.63, 3.8) is 0 Å². The molecule has 0 amide bonds. The van der Waals surface area contributed by atoms with Crippen LogP contribution < -0.4 is 10.9 Å². The molecule has 0 saturated heterocycles. The summed E-state index contributed by atoms with van der Waals surface area (Å²) >= 11 is 17.9. The van der Waals surface area contributed by atoms with Crippen LogP contribution in [0.15, 0.2) is 53.5 Å². The van der Waals surface area contributed by atoms with E-state index in [1.54, 1.807) is 30.3 Å². The summed E-state index contributed by atoms with van der Waals surface area (Å²) in [5.41, 5.74) is 1.68. The van der Waals surface area contributed by atoms with Crippen LogP contribution in [0.25, 0.3) is 5.69 Å². The van der Waals surface area contributed by atoms with Gasteiger partial charge in [-0.05, 0) is 42.3 Å². The molecule has 3 aromatic rings. The molecule has 134 valence electrons. The first-order valence-electron chi connectivity index (χ1n) is 7.67. The Labute approximate surface area is 164 Å². The van der Waals surface area contributed by atoms with E-state index in [9.17, 15) is 9.18 Å². The number of hydrogen-bond donors (Lipinski definition) is 1. The number of nitrogens with zero attached hydrogens (tertiary/aromatic N) is 2. The van der Waals surface area contributed by atoms with E-state index in [4.69, 9.17) is 34.8 Å².